The molecular weight excluding hydrogens is 534 g/mol. The maximum absolute atomic E-state index is 14.2. The molecule has 0 spiro atoms. The summed E-state index contributed by atoms with van der Waals surface area (Å²) in [5, 5.41) is 14.9. The molecule has 9 heteroatoms. The third-order valence-electron chi connectivity index (χ3n) is 8.04. The molecule has 1 aliphatic heterocycles. The lowest BCUT2D eigenvalue weighted by molar-refractivity contribution is -0.384. The fourth-order valence-electron chi connectivity index (χ4n) is 6.00. The number of rotatable bonds is 9. The number of nitrogens with one attached hydrogen (secondary N) is 1. The van der Waals surface area contributed by atoms with Crippen molar-refractivity contribution in [1.29, 1.82) is 0 Å². The predicted octanol–water partition coefficient (Wildman–Crippen LogP) is 6.95. The number of carbonyl (C=O) groups is 2. The molecule has 0 radical (unpaired) electrons. The quantitative estimate of drug-likeness (QED) is 0.169. The van der Waals surface area contributed by atoms with E-state index in [-0.39, 0.29) is 29.7 Å². The van der Waals surface area contributed by atoms with Gasteiger partial charge in [-0.2, -0.15) is 0 Å². The van der Waals surface area contributed by atoms with Crippen LogP contribution in [0.4, 0.5) is 17.1 Å². The molecule has 0 unspecified atom stereocenters. The summed E-state index contributed by atoms with van der Waals surface area (Å²) < 4.78 is 11.1. The maximum atomic E-state index is 14.2. The van der Waals surface area contributed by atoms with Crippen molar-refractivity contribution < 1.29 is 24.0 Å². The van der Waals surface area contributed by atoms with Crippen LogP contribution in [0.2, 0.25) is 0 Å². The van der Waals surface area contributed by atoms with E-state index in [4.69, 9.17) is 9.47 Å². The Morgan fingerprint density at radius 3 is 2.52 bits per heavy atom. The zero-order chi connectivity index (χ0) is 29.8. The molecule has 218 valence electrons. The summed E-state index contributed by atoms with van der Waals surface area (Å²) in [5.41, 5.74) is 3.48. The molecular formula is C33H35N3O6. The lowest BCUT2D eigenvalue weighted by atomic mass is 9.76. The minimum atomic E-state index is -0.694. The number of para-hydroxylation sites is 2. The molecule has 1 aliphatic carbocycles. The minimum Gasteiger partial charge on any atom is -0.493 e. The first kappa shape index (κ1) is 28.9. The van der Waals surface area contributed by atoms with E-state index in [2.05, 4.69) is 12.2 Å². The number of carbonyl (C=O) groups excluding carboxylic acids is 2. The number of Topliss-reactive ketones (excluding diaryl/α,β-unsaturated/α-hetero) is 1. The van der Waals surface area contributed by atoms with Crippen LogP contribution in [0.1, 0.15) is 62.1 Å². The Hall–Kier alpha value is -4.66. The normalized spacial score (nSPS) is 19.5. The summed E-state index contributed by atoms with van der Waals surface area (Å²) >= 11 is 0. The highest BCUT2D eigenvalue weighted by Gasteiger charge is 2.45. The second kappa shape index (κ2) is 12.5. The average Bonchev–Trinajstić information content (AvgIpc) is 3.15. The van der Waals surface area contributed by atoms with Crippen molar-refractivity contribution in [3.8, 4) is 11.5 Å². The SMILES string of the molecule is CCCCCC(=O)N1c2ccccc2NC2=C[C@H](c3cccc([N+](=O)[O-])c3)CC(=O)[C@H]2[C@H]1c1ccc(OC)c(OC)c1. The predicted molar refractivity (Wildman–Crippen MR) is 161 cm³/mol. The Labute approximate surface area is 245 Å². The van der Waals surface area contributed by atoms with Gasteiger partial charge in [-0.1, -0.05) is 56.2 Å². The van der Waals surface area contributed by atoms with Crippen molar-refractivity contribution in [2.45, 2.75) is 51.0 Å². The Bertz CT molecular complexity index is 1530. The molecule has 0 saturated heterocycles. The second-order valence-electron chi connectivity index (χ2n) is 10.7. The van der Waals surface area contributed by atoms with Gasteiger partial charge in [0.2, 0.25) is 5.91 Å². The van der Waals surface area contributed by atoms with Gasteiger partial charge in [0.05, 0.1) is 42.5 Å². The molecule has 9 nitrogen and oxygen atoms in total. The molecule has 1 heterocycles. The van der Waals surface area contributed by atoms with E-state index < -0.39 is 16.9 Å². The molecule has 3 aromatic rings. The summed E-state index contributed by atoms with van der Waals surface area (Å²) in [6, 6.07) is 18.8. The molecule has 2 aliphatic rings. The van der Waals surface area contributed by atoms with Gasteiger partial charge in [0, 0.05) is 36.6 Å². The highest BCUT2D eigenvalue weighted by molar-refractivity contribution is 6.01. The number of nitro benzene ring substituents is 1. The van der Waals surface area contributed by atoms with Crippen LogP contribution in [0.3, 0.4) is 0 Å². The van der Waals surface area contributed by atoms with Crippen LogP contribution in [-0.4, -0.2) is 30.8 Å². The fraction of sp³-hybridized carbons (Fsp3) is 0.333. The minimum absolute atomic E-state index is 0.0216. The third kappa shape index (κ3) is 5.59. The monoisotopic (exact) mass is 569 g/mol. The Morgan fingerprint density at radius 2 is 1.79 bits per heavy atom. The van der Waals surface area contributed by atoms with Crippen LogP contribution in [0, 0.1) is 16.0 Å². The van der Waals surface area contributed by atoms with Gasteiger partial charge in [0.15, 0.2) is 11.5 Å². The number of hydrogen-bond acceptors (Lipinski definition) is 7. The second-order valence-corrected chi connectivity index (χ2v) is 10.7. The van der Waals surface area contributed by atoms with Gasteiger partial charge in [0.25, 0.3) is 5.69 Å². The fourth-order valence-corrected chi connectivity index (χ4v) is 6.00. The molecule has 42 heavy (non-hydrogen) atoms. The van der Waals surface area contributed by atoms with E-state index >= 15 is 0 Å². The van der Waals surface area contributed by atoms with Crippen LogP contribution in [-0.2, 0) is 9.59 Å². The van der Waals surface area contributed by atoms with Crippen LogP contribution >= 0.6 is 0 Å². The van der Waals surface area contributed by atoms with E-state index in [9.17, 15) is 19.7 Å². The number of non-ortho nitro benzene ring substituents is 1. The Kier molecular flexibility index (Phi) is 8.56. The number of nitro groups is 1. The Balaban J connectivity index is 1.69. The van der Waals surface area contributed by atoms with Gasteiger partial charge in [-0.3, -0.25) is 19.7 Å². The number of anilines is 2. The topological polar surface area (TPSA) is 111 Å². The van der Waals surface area contributed by atoms with Crippen LogP contribution in [0.25, 0.3) is 0 Å². The maximum Gasteiger partial charge on any atom is 0.269 e. The van der Waals surface area contributed by atoms with Crippen molar-refractivity contribution in [2.24, 2.45) is 5.92 Å². The van der Waals surface area contributed by atoms with Crippen LogP contribution in [0.15, 0.2) is 78.5 Å². The standard InChI is InChI=1S/C33H35N3O6/c1-4-5-6-14-31(38)35-27-13-8-7-12-25(27)34-26-18-23(21-10-9-11-24(17-21)36(39)40)19-28(37)32(26)33(35)22-15-16-29(41-2)30(20-22)42-3/h7-13,15-18,20,23,32-34H,4-6,14,19H2,1-3H3/t23-,32-,33+/m0/s1. The zero-order valence-corrected chi connectivity index (χ0v) is 24.0. The van der Waals surface area contributed by atoms with Crippen molar-refractivity contribution >= 4 is 28.8 Å². The number of benzene rings is 3. The smallest absolute Gasteiger partial charge is 0.269 e. The van der Waals surface area contributed by atoms with Crippen molar-refractivity contribution in [1.82, 2.24) is 0 Å². The number of ketones is 1. The Morgan fingerprint density at radius 1 is 1.00 bits per heavy atom. The molecule has 1 amide bonds. The van der Waals surface area contributed by atoms with E-state index in [1.807, 2.05) is 48.5 Å². The lowest BCUT2D eigenvalue weighted by Gasteiger charge is -2.38. The third-order valence-corrected chi connectivity index (χ3v) is 8.04. The van der Waals surface area contributed by atoms with E-state index in [1.54, 1.807) is 31.3 Å². The van der Waals surface area contributed by atoms with E-state index in [0.717, 1.165) is 24.8 Å². The van der Waals surface area contributed by atoms with Gasteiger partial charge in [-0.15, -0.1) is 0 Å². The summed E-state index contributed by atoms with van der Waals surface area (Å²) in [5.74, 6) is -0.127. The lowest BCUT2D eigenvalue weighted by Crippen LogP contribution is -2.42. The number of methoxy groups -OCH3 is 2. The highest BCUT2D eigenvalue weighted by atomic mass is 16.6. The van der Waals surface area contributed by atoms with E-state index in [0.29, 0.717) is 40.6 Å². The first-order valence-electron chi connectivity index (χ1n) is 14.2. The van der Waals surface area contributed by atoms with Gasteiger partial charge in [-0.05, 0) is 41.8 Å². The number of ether oxygens (including phenoxy) is 2. The van der Waals surface area contributed by atoms with Crippen molar-refractivity contribution in [3.63, 3.8) is 0 Å². The van der Waals surface area contributed by atoms with E-state index in [1.165, 1.54) is 12.1 Å². The van der Waals surface area contributed by atoms with Crippen molar-refractivity contribution in [3.05, 3.63) is 99.7 Å². The summed E-state index contributed by atoms with van der Waals surface area (Å²) in [6.45, 7) is 2.09. The molecule has 1 N–H and O–H groups in total. The summed E-state index contributed by atoms with van der Waals surface area (Å²) in [7, 11) is 3.12. The largest absolute Gasteiger partial charge is 0.493 e. The van der Waals surface area contributed by atoms with Crippen LogP contribution < -0.4 is 19.7 Å². The molecule has 0 fully saturated rings. The summed E-state index contributed by atoms with van der Waals surface area (Å²) in [6.07, 6.45) is 5.14. The first-order valence-corrected chi connectivity index (χ1v) is 14.2. The molecule has 0 aromatic heterocycles. The average molecular weight is 570 g/mol. The van der Waals surface area contributed by atoms with Gasteiger partial charge in [-0.25, -0.2) is 0 Å². The number of allylic oxidation sites excluding steroid dienone is 1. The van der Waals surface area contributed by atoms with Gasteiger partial charge < -0.3 is 19.7 Å². The number of hydrogen-bond donors (Lipinski definition) is 1. The number of amides is 1. The van der Waals surface area contributed by atoms with Crippen molar-refractivity contribution in [2.75, 3.05) is 24.4 Å². The highest BCUT2D eigenvalue weighted by Crippen LogP contribution is 2.49. The molecule has 3 aromatic carbocycles. The molecule has 0 saturated carbocycles. The number of fused-ring (bicyclic) bond motifs is 2. The first-order chi connectivity index (χ1) is 20.4. The number of unbranched alkanes of at least 4 members (excludes halogenated alkanes) is 2. The number of nitrogens with zero attached hydrogens (tertiary/aromatic N) is 2. The molecule has 3 atom stereocenters. The molecule has 0 bridgehead atoms. The summed E-state index contributed by atoms with van der Waals surface area (Å²) in [4.78, 5) is 41.1. The zero-order valence-electron chi connectivity index (χ0n) is 24.0. The van der Waals surface area contributed by atoms with Gasteiger partial charge in [0.1, 0.15) is 5.78 Å². The van der Waals surface area contributed by atoms with Gasteiger partial charge >= 0.3 is 0 Å². The van der Waals surface area contributed by atoms with Crippen LogP contribution in [0.5, 0.6) is 11.5 Å². The molecule has 5 rings (SSSR count).